The molecule has 1 heterocycles. The van der Waals surface area contributed by atoms with E-state index in [-0.39, 0.29) is 30.5 Å². The molecule has 0 bridgehead atoms. The monoisotopic (exact) mass is 315 g/mol. The van der Waals surface area contributed by atoms with Crippen LogP contribution in [0.3, 0.4) is 0 Å². The van der Waals surface area contributed by atoms with Crippen molar-refractivity contribution in [3.63, 3.8) is 0 Å². The van der Waals surface area contributed by atoms with Gasteiger partial charge in [0.1, 0.15) is 6.54 Å². The molecule has 2 N–H and O–H groups in total. The molecule has 6 nitrogen and oxygen atoms in total. The number of nitrogens with one attached hydrogen (secondary N) is 1. The van der Waals surface area contributed by atoms with E-state index in [2.05, 4.69) is 10.4 Å². The number of aliphatic hydroxyl groups is 1. The quantitative estimate of drug-likeness (QED) is 0.884. The van der Waals surface area contributed by atoms with E-state index >= 15 is 0 Å². The smallest absolute Gasteiger partial charge is 0.241 e. The van der Waals surface area contributed by atoms with Gasteiger partial charge < -0.3 is 10.4 Å². The third-order valence-corrected chi connectivity index (χ3v) is 4.53. The van der Waals surface area contributed by atoms with Gasteiger partial charge in [0.15, 0.2) is 0 Å². The number of amides is 1. The number of aliphatic hydroxyl groups excluding tert-OH is 1. The maximum atomic E-state index is 12.3. The number of rotatable bonds is 4. The second kappa shape index (κ2) is 6.91. The Morgan fingerprint density at radius 2 is 2.00 bits per heavy atom. The number of hydrogen-bond acceptors (Lipinski definition) is 4. The first kappa shape index (κ1) is 15.7. The first-order valence-corrected chi connectivity index (χ1v) is 8.02. The Kier molecular flexibility index (Phi) is 4.71. The highest BCUT2D eigenvalue weighted by molar-refractivity contribution is 5.81. The van der Waals surface area contributed by atoms with Crippen LogP contribution in [0.4, 0.5) is 0 Å². The highest BCUT2D eigenvalue weighted by Crippen LogP contribution is 2.23. The third kappa shape index (κ3) is 3.59. The molecule has 3 rings (SSSR count). The Balaban J connectivity index is 1.67. The van der Waals surface area contributed by atoms with E-state index in [1.165, 1.54) is 6.20 Å². The standard InChI is InChI=1S/C17H21N3O3/c21-11-12-5-7-13(8-6-12)19-17(23)10-20-15-4-2-1-3-14(15)16(22)9-18-20/h1-4,9,12-13,21H,5-8,10-11H2,(H,19,23). The van der Waals surface area contributed by atoms with Crippen molar-refractivity contribution in [2.75, 3.05) is 6.61 Å². The van der Waals surface area contributed by atoms with E-state index in [1.54, 1.807) is 22.9 Å². The van der Waals surface area contributed by atoms with Crippen LogP contribution >= 0.6 is 0 Å². The minimum absolute atomic E-state index is 0.0979. The molecular weight excluding hydrogens is 294 g/mol. The van der Waals surface area contributed by atoms with Crippen LogP contribution in [-0.2, 0) is 11.3 Å². The van der Waals surface area contributed by atoms with E-state index in [9.17, 15) is 9.59 Å². The first-order chi connectivity index (χ1) is 11.2. The van der Waals surface area contributed by atoms with E-state index < -0.39 is 0 Å². The molecule has 1 saturated carbocycles. The molecule has 23 heavy (non-hydrogen) atoms. The number of para-hydroxylation sites is 1. The summed E-state index contributed by atoms with van der Waals surface area (Å²) in [5, 5.41) is 16.8. The van der Waals surface area contributed by atoms with Crippen molar-refractivity contribution in [1.29, 1.82) is 0 Å². The Bertz CT molecular complexity index is 748. The van der Waals surface area contributed by atoms with Gasteiger partial charge in [-0.15, -0.1) is 0 Å². The van der Waals surface area contributed by atoms with Gasteiger partial charge in [-0.05, 0) is 43.7 Å². The molecule has 1 aromatic heterocycles. The number of nitrogens with zero attached hydrogens (tertiary/aromatic N) is 2. The number of carbonyl (C=O) groups is 1. The second-order valence-corrected chi connectivity index (χ2v) is 6.15. The maximum absolute atomic E-state index is 12.3. The molecule has 122 valence electrons. The second-order valence-electron chi connectivity index (χ2n) is 6.15. The summed E-state index contributed by atoms with van der Waals surface area (Å²) in [6.07, 6.45) is 4.94. The molecule has 0 saturated heterocycles. The Morgan fingerprint density at radius 3 is 2.74 bits per heavy atom. The fourth-order valence-corrected chi connectivity index (χ4v) is 3.19. The van der Waals surface area contributed by atoms with Gasteiger partial charge >= 0.3 is 0 Å². The summed E-state index contributed by atoms with van der Waals surface area (Å²) in [7, 11) is 0. The minimum atomic E-state index is -0.139. The topological polar surface area (TPSA) is 84.2 Å². The summed E-state index contributed by atoms with van der Waals surface area (Å²) in [6.45, 7) is 0.328. The summed E-state index contributed by atoms with van der Waals surface area (Å²) >= 11 is 0. The summed E-state index contributed by atoms with van der Waals surface area (Å²) < 4.78 is 1.56. The molecule has 1 aliphatic rings. The van der Waals surface area contributed by atoms with Crippen molar-refractivity contribution in [2.45, 2.75) is 38.3 Å². The molecule has 0 radical (unpaired) electrons. The van der Waals surface area contributed by atoms with E-state index in [1.807, 2.05) is 6.07 Å². The van der Waals surface area contributed by atoms with Crippen LogP contribution in [-0.4, -0.2) is 33.4 Å². The molecule has 1 aliphatic carbocycles. The molecular formula is C17H21N3O3. The zero-order valence-electron chi connectivity index (χ0n) is 12.9. The van der Waals surface area contributed by atoms with E-state index in [4.69, 9.17) is 5.11 Å². The molecule has 1 aromatic carbocycles. The van der Waals surface area contributed by atoms with Gasteiger partial charge in [0.25, 0.3) is 0 Å². The maximum Gasteiger partial charge on any atom is 0.241 e. The van der Waals surface area contributed by atoms with Gasteiger partial charge in [0, 0.05) is 18.0 Å². The Labute approximate surface area is 134 Å². The van der Waals surface area contributed by atoms with Crippen LogP contribution in [0, 0.1) is 5.92 Å². The summed E-state index contributed by atoms with van der Waals surface area (Å²) in [6, 6.07) is 7.32. The van der Waals surface area contributed by atoms with E-state index in [0.29, 0.717) is 16.8 Å². The number of benzene rings is 1. The molecule has 1 fully saturated rings. The molecule has 0 aliphatic heterocycles. The summed E-state index contributed by atoms with van der Waals surface area (Å²) in [4.78, 5) is 24.1. The number of carbonyl (C=O) groups excluding carboxylic acids is 1. The van der Waals surface area contributed by atoms with Crippen molar-refractivity contribution >= 4 is 16.8 Å². The zero-order valence-corrected chi connectivity index (χ0v) is 12.9. The molecule has 0 spiro atoms. The SMILES string of the molecule is O=C(Cn1ncc(=O)c2ccccc21)NC1CCC(CO)CC1. The van der Waals surface area contributed by atoms with Crippen LogP contribution in [0.15, 0.2) is 35.3 Å². The lowest BCUT2D eigenvalue weighted by Gasteiger charge is -2.28. The van der Waals surface area contributed by atoms with Gasteiger partial charge in [0.2, 0.25) is 11.3 Å². The van der Waals surface area contributed by atoms with Crippen LogP contribution in [0.5, 0.6) is 0 Å². The molecule has 1 amide bonds. The number of fused-ring (bicyclic) bond motifs is 1. The van der Waals surface area contributed by atoms with E-state index in [0.717, 1.165) is 25.7 Å². The molecule has 0 atom stereocenters. The third-order valence-electron chi connectivity index (χ3n) is 4.53. The van der Waals surface area contributed by atoms with Crippen molar-refractivity contribution in [2.24, 2.45) is 5.92 Å². The van der Waals surface area contributed by atoms with Crippen LogP contribution in [0.1, 0.15) is 25.7 Å². The molecule has 6 heteroatoms. The van der Waals surface area contributed by atoms with Gasteiger partial charge in [-0.2, -0.15) is 5.10 Å². The number of aromatic nitrogens is 2. The average Bonchev–Trinajstić information content (AvgIpc) is 2.58. The number of hydrogen-bond donors (Lipinski definition) is 2. The predicted octanol–water partition coefficient (Wildman–Crippen LogP) is 1.06. The normalized spacial score (nSPS) is 21.3. The fourth-order valence-electron chi connectivity index (χ4n) is 3.19. The highest BCUT2D eigenvalue weighted by Gasteiger charge is 2.22. The summed E-state index contributed by atoms with van der Waals surface area (Å²) in [5.74, 6) is 0.270. The van der Waals surface area contributed by atoms with Gasteiger partial charge in [-0.3, -0.25) is 14.3 Å². The van der Waals surface area contributed by atoms with Crippen LogP contribution in [0.25, 0.3) is 10.9 Å². The first-order valence-electron chi connectivity index (χ1n) is 8.02. The van der Waals surface area contributed by atoms with Crippen molar-refractivity contribution in [3.8, 4) is 0 Å². The lowest BCUT2D eigenvalue weighted by molar-refractivity contribution is -0.122. The van der Waals surface area contributed by atoms with Gasteiger partial charge in [-0.25, -0.2) is 0 Å². The summed E-state index contributed by atoms with van der Waals surface area (Å²) in [5.41, 5.74) is 0.527. The molecule has 0 unspecified atom stereocenters. The molecule has 2 aromatic rings. The van der Waals surface area contributed by atoms with Gasteiger partial charge in [0.05, 0.1) is 11.7 Å². The van der Waals surface area contributed by atoms with Gasteiger partial charge in [-0.1, -0.05) is 12.1 Å². The lowest BCUT2D eigenvalue weighted by atomic mass is 9.86. The van der Waals surface area contributed by atoms with Crippen LogP contribution < -0.4 is 10.7 Å². The van der Waals surface area contributed by atoms with Crippen molar-refractivity contribution < 1.29 is 9.90 Å². The minimum Gasteiger partial charge on any atom is -0.396 e. The largest absolute Gasteiger partial charge is 0.396 e. The zero-order chi connectivity index (χ0) is 16.2. The highest BCUT2D eigenvalue weighted by atomic mass is 16.3. The Morgan fingerprint density at radius 1 is 1.26 bits per heavy atom. The predicted molar refractivity (Wildman–Crippen MR) is 87.0 cm³/mol. The Hall–Kier alpha value is -2.21. The average molecular weight is 315 g/mol. The van der Waals surface area contributed by atoms with Crippen LogP contribution in [0.2, 0.25) is 0 Å². The lowest BCUT2D eigenvalue weighted by Crippen LogP contribution is -2.40. The van der Waals surface area contributed by atoms with Crippen molar-refractivity contribution in [1.82, 2.24) is 15.1 Å². The van der Waals surface area contributed by atoms with Crippen molar-refractivity contribution in [3.05, 3.63) is 40.7 Å². The fraction of sp³-hybridized carbons (Fsp3) is 0.471.